The highest BCUT2D eigenvalue weighted by Crippen LogP contribution is 2.49. The number of anilines is 2. The lowest BCUT2D eigenvalue weighted by Gasteiger charge is -2.35. The first kappa shape index (κ1) is 22.6. The molecule has 1 unspecified atom stereocenters. The number of amides is 1. The van der Waals surface area contributed by atoms with Crippen LogP contribution < -0.4 is 4.90 Å². The maximum Gasteiger partial charge on any atom is 0.416 e. The molecule has 1 atom stereocenters. The maximum atomic E-state index is 13.3. The zero-order chi connectivity index (χ0) is 19.8. The Kier molecular flexibility index (Phi) is 7.07. The molecular formula is C20H22ClF3N2OS. The van der Waals surface area contributed by atoms with E-state index in [4.69, 9.17) is 0 Å². The zero-order valence-corrected chi connectivity index (χ0v) is 17.4. The van der Waals surface area contributed by atoms with Gasteiger partial charge >= 0.3 is 6.18 Å². The van der Waals surface area contributed by atoms with Crippen LogP contribution in [0.15, 0.2) is 52.3 Å². The summed E-state index contributed by atoms with van der Waals surface area (Å²) in [7, 11) is 0. The van der Waals surface area contributed by atoms with E-state index in [1.54, 1.807) is 4.90 Å². The molecule has 0 aromatic heterocycles. The Morgan fingerprint density at radius 2 is 1.68 bits per heavy atom. The Balaban J connectivity index is 0.00000280. The second-order valence-electron chi connectivity index (χ2n) is 6.32. The molecule has 0 spiro atoms. The molecule has 2 aromatic carbocycles. The molecule has 0 N–H and O–H groups in total. The average molecular weight is 431 g/mol. The van der Waals surface area contributed by atoms with Crippen LogP contribution in [-0.4, -0.2) is 29.9 Å². The van der Waals surface area contributed by atoms with Crippen molar-refractivity contribution in [2.45, 2.75) is 42.8 Å². The minimum atomic E-state index is -4.42. The summed E-state index contributed by atoms with van der Waals surface area (Å²) >= 11 is 1.26. The van der Waals surface area contributed by atoms with Crippen LogP contribution in [0, 0.1) is 0 Å². The minimum Gasteiger partial charge on any atom is -0.293 e. The van der Waals surface area contributed by atoms with E-state index in [0.29, 0.717) is 29.4 Å². The first-order valence-electron chi connectivity index (χ1n) is 8.84. The van der Waals surface area contributed by atoms with Gasteiger partial charge in [0.05, 0.1) is 23.0 Å². The lowest BCUT2D eigenvalue weighted by molar-refractivity contribution is -0.137. The van der Waals surface area contributed by atoms with Crippen LogP contribution in [0.3, 0.4) is 0 Å². The first-order chi connectivity index (χ1) is 12.8. The molecule has 1 amide bonds. The van der Waals surface area contributed by atoms with Crippen LogP contribution in [0.1, 0.15) is 26.3 Å². The fourth-order valence-electron chi connectivity index (χ4n) is 3.29. The number of para-hydroxylation sites is 1. The van der Waals surface area contributed by atoms with Gasteiger partial charge in [0, 0.05) is 9.79 Å². The number of halogens is 4. The molecule has 0 aliphatic carbocycles. The van der Waals surface area contributed by atoms with Gasteiger partial charge in [0.15, 0.2) is 0 Å². The summed E-state index contributed by atoms with van der Waals surface area (Å²) in [5.74, 6) is -0.146. The summed E-state index contributed by atoms with van der Waals surface area (Å²) in [6.45, 7) is 7.23. The van der Waals surface area contributed by atoms with E-state index < -0.39 is 11.7 Å². The van der Waals surface area contributed by atoms with Crippen molar-refractivity contribution < 1.29 is 18.0 Å². The Morgan fingerprint density at radius 1 is 1.07 bits per heavy atom. The van der Waals surface area contributed by atoms with Gasteiger partial charge in [-0.3, -0.25) is 14.6 Å². The molecule has 8 heteroatoms. The molecule has 3 nitrogen and oxygen atoms in total. The van der Waals surface area contributed by atoms with E-state index in [9.17, 15) is 18.0 Å². The van der Waals surface area contributed by atoms with Crippen molar-refractivity contribution in [1.29, 1.82) is 0 Å². The molecule has 0 bridgehead atoms. The van der Waals surface area contributed by atoms with Crippen LogP contribution in [0.25, 0.3) is 0 Å². The molecule has 0 radical (unpaired) electrons. The number of hydrogen-bond acceptors (Lipinski definition) is 3. The van der Waals surface area contributed by atoms with Crippen LogP contribution >= 0.6 is 24.2 Å². The highest BCUT2D eigenvalue weighted by atomic mass is 35.5. The van der Waals surface area contributed by atoms with Crippen molar-refractivity contribution in [3.63, 3.8) is 0 Å². The largest absolute Gasteiger partial charge is 0.416 e. The number of hydrogen-bond donors (Lipinski definition) is 0. The second kappa shape index (κ2) is 8.76. The van der Waals surface area contributed by atoms with Crippen molar-refractivity contribution in [3.8, 4) is 0 Å². The molecule has 152 valence electrons. The molecule has 1 heterocycles. The number of carbonyl (C=O) groups is 1. The summed E-state index contributed by atoms with van der Waals surface area (Å²) in [5, 5.41) is 0. The van der Waals surface area contributed by atoms with Crippen molar-refractivity contribution in [3.05, 3.63) is 48.0 Å². The van der Waals surface area contributed by atoms with Gasteiger partial charge in [-0.2, -0.15) is 13.2 Å². The van der Waals surface area contributed by atoms with Gasteiger partial charge in [-0.25, -0.2) is 0 Å². The van der Waals surface area contributed by atoms with E-state index in [0.717, 1.165) is 17.0 Å². The number of benzene rings is 2. The number of likely N-dealkylation sites (N-methyl/N-ethyl adjacent to an activating group) is 1. The monoisotopic (exact) mass is 430 g/mol. The fraction of sp³-hybridized carbons (Fsp3) is 0.350. The van der Waals surface area contributed by atoms with Crippen molar-refractivity contribution >= 4 is 41.5 Å². The first-order valence-corrected chi connectivity index (χ1v) is 9.65. The minimum absolute atomic E-state index is 0. The molecule has 1 aliphatic heterocycles. The summed E-state index contributed by atoms with van der Waals surface area (Å²) in [4.78, 5) is 18.1. The van der Waals surface area contributed by atoms with Crippen molar-refractivity contribution in [2.24, 2.45) is 0 Å². The zero-order valence-electron chi connectivity index (χ0n) is 15.8. The van der Waals surface area contributed by atoms with Crippen LogP contribution in [0.5, 0.6) is 0 Å². The van der Waals surface area contributed by atoms with Crippen LogP contribution in [0.2, 0.25) is 0 Å². The third-order valence-electron chi connectivity index (χ3n) is 4.79. The highest BCUT2D eigenvalue weighted by molar-refractivity contribution is 7.99. The van der Waals surface area contributed by atoms with Crippen molar-refractivity contribution in [2.75, 3.05) is 18.0 Å². The maximum absolute atomic E-state index is 13.3. The summed E-state index contributed by atoms with van der Waals surface area (Å²) in [5.41, 5.74) is 0.492. The van der Waals surface area contributed by atoms with Gasteiger partial charge in [0.25, 0.3) is 0 Å². The number of nitrogens with zero attached hydrogens (tertiary/aromatic N) is 2. The van der Waals surface area contributed by atoms with Crippen LogP contribution in [-0.2, 0) is 11.0 Å². The van der Waals surface area contributed by atoms with Gasteiger partial charge in [-0.05, 0) is 50.3 Å². The highest BCUT2D eigenvalue weighted by Gasteiger charge is 2.36. The Bertz CT molecular complexity index is 856. The topological polar surface area (TPSA) is 23.6 Å². The van der Waals surface area contributed by atoms with E-state index in [1.165, 1.54) is 17.8 Å². The predicted molar refractivity (Wildman–Crippen MR) is 109 cm³/mol. The summed E-state index contributed by atoms with van der Waals surface area (Å²) in [6, 6.07) is 10.5. The molecule has 1 aliphatic rings. The summed E-state index contributed by atoms with van der Waals surface area (Å²) < 4.78 is 39.4. The molecule has 2 aromatic rings. The van der Waals surface area contributed by atoms with E-state index >= 15 is 0 Å². The van der Waals surface area contributed by atoms with Gasteiger partial charge in [0.2, 0.25) is 5.91 Å². The van der Waals surface area contributed by atoms with Crippen molar-refractivity contribution in [1.82, 2.24) is 4.90 Å². The molecule has 3 rings (SSSR count). The second-order valence-corrected chi connectivity index (χ2v) is 7.40. The quantitative estimate of drug-likeness (QED) is 0.595. The SMILES string of the molecule is CCN(CC)C(C)C(=O)N1c2ccccc2Sc2cc(C(F)(F)F)ccc21.Cl. The lowest BCUT2D eigenvalue weighted by Crippen LogP contribution is -2.46. The predicted octanol–water partition coefficient (Wildman–Crippen LogP) is 5.99. The average Bonchev–Trinajstić information content (AvgIpc) is 2.65. The van der Waals surface area contributed by atoms with Crippen LogP contribution in [0.4, 0.5) is 24.5 Å². The normalized spacial score (nSPS) is 14.2. The number of alkyl halides is 3. The molecule has 0 fully saturated rings. The van der Waals surface area contributed by atoms with E-state index in [1.807, 2.05) is 49.9 Å². The third kappa shape index (κ3) is 4.16. The van der Waals surface area contributed by atoms with Gasteiger partial charge in [0.1, 0.15) is 0 Å². The van der Waals surface area contributed by atoms with Gasteiger partial charge < -0.3 is 0 Å². The number of fused-ring (bicyclic) bond motifs is 2. The Labute approximate surface area is 173 Å². The molecular weight excluding hydrogens is 409 g/mol. The number of carbonyl (C=O) groups excluding carboxylic acids is 1. The summed E-state index contributed by atoms with van der Waals surface area (Å²) in [6.07, 6.45) is -4.42. The fourth-order valence-corrected chi connectivity index (χ4v) is 4.38. The molecule has 0 saturated carbocycles. The Hall–Kier alpha value is -1.70. The van der Waals surface area contributed by atoms with E-state index in [2.05, 4.69) is 0 Å². The van der Waals surface area contributed by atoms with Gasteiger partial charge in [-0.1, -0.05) is 37.7 Å². The standard InChI is InChI=1S/C20H21F3N2OS.ClH/c1-4-24(5-2)13(3)19(26)25-15-8-6-7-9-17(15)27-18-12-14(20(21,22)23)10-11-16(18)25;/h6-13H,4-5H2,1-3H3;1H. The van der Waals surface area contributed by atoms with Gasteiger partial charge in [-0.15, -0.1) is 12.4 Å². The lowest BCUT2D eigenvalue weighted by atomic mass is 10.1. The number of rotatable bonds is 4. The molecule has 28 heavy (non-hydrogen) atoms. The van der Waals surface area contributed by atoms with E-state index in [-0.39, 0.29) is 24.4 Å². The Morgan fingerprint density at radius 3 is 2.29 bits per heavy atom. The third-order valence-corrected chi connectivity index (χ3v) is 5.90. The smallest absolute Gasteiger partial charge is 0.293 e. The molecule has 0 saturated heterocycles.